The van der Waals surface area contributed by atoms with Gasteiger partial charge in [0.05, 0.1) is 20.4 Å². The Bertz CT molecular complexity index is 1350. The fraction of sp³-hybridized carbons (Fsp3) is 0.292. The number of benzene rings is 2. The number of fused-ring (bicyclic) bond motifs is 1. The molecule has 2 aromatic carbocycles. The van der Waals surface area contributed by atoms with E-state index in [1.165, 1.54) is 12.1 Å². The molecule has 0 saturated heterocycles. The van der Waals surface area contributed by atoms with Gasteiger partial charge in [-0.2, -0.15) is 4.58 Å². The van der Waals surface area contributed by atoms with Crippen molar-refractivity contribution < 1.29 is 30.5 Å². The van der Waals surface area contributed by atoms with Gasteiger partial charge in [-0.05, 0) is 57.0 Å². The molecule has 0 bridgehead atoms. The molecule has 1 aliphatic heterocycles. The van der Waals surface area contributed by atoms with Gasteiger partial charge in [-0.1, -0.05) is 24.3 Å². The number of nitrogens with zero attached hydrogens (tertiary/aromatic N) is 1. The highest BCUT2D eigenvalue weighted by Crippen LogP contribution is 2.44. The summed E-state index contributed by atoms with van der Waals surface area (Å²) in [6, 6.07) is 13.9. The smallest absolute Gasteiger partial charge is 0.209 e. The normalized spacial score (nSPS) is 18.7. The molecule has 0 radical (unpaired) electrons. The van der Waals surface area contributed by atoms with Gasteiger partial charge >= 0.3 is 0 Å². The molecular weight excluding hydrogens is 476 g/mol. The van der Waals surface area contributed by atoms with Crippen LogP contribution in [0.1, 0.15) is 32.3 Å². The number of hydrogen-bond donors (Lipinski definition) is 1. The summed E-state index contributed by atoms with van der Waals surface area (Å²) in [5, 5.41) is 3.15. The molecule has 1 unspecified atom stereocenters. The summed E-state index contributed by atoms with van der Waals surface area (Å²) in [6.45, 7) is 4.37. The van der Waals surface area contributed by atoms with Crippen LogP contribution in [0.15, 0.2) is 77.9 Å². The Morgan fingerprint density at radius 2 is 1.74 bits per heavy atom. The number of hydrogen-bond acceptors (Lipinski definition) is 7. The maximum Gasteiger partial charge on any atom is 0.209 e. The molecule has 0 amide bonds. The van der Waals surface area contributed by atoms with Crippen molar-refractivity contribution in [2.45, 2.75) is 37.0 Å². The predicted molar refractivity (Wildman–Crippen MR) is 129 cm³/mol. The zero-order valence-corrected chi connectivity index (χ0v) is 20.6. The van der Waals surface area contributed by atoms with Crippen LogP contribution in [-0.4, -0.2) is 48.5 Å². The molecule has 1 heterocycles. The van der Waals surface area contributed by atoms with Crippen molar-refractivity contribution in [1.82, 2.24) is 0 Å². The summed E-state index contributed by atoms with van der Waals surface area (Å²) in [5.74, 6) is -0.526. The van der Waals surface area contributed by atoms with E-state index in [-0.39, 0.29) is 17.7 Å². The van der Waals surface area contributed by atoms with Crippen LogP contribution in [0.25, 0.3) is 0 Å². The third-order valence-electron chi connectivity index (χ3n) is 5.87. The van der Waals surface area contributed by atoms with Crippen LogP contribution in [0.5, 0.6) is 0 Å². The first-order chi connectivity index (χ1) is 16.0. The molecule has 0 aliphatic carbocycles. The Hall–Kier alpha value is -2.79. The summed E-state index contributed by atoms with van der Waals surface area (Å²) in [7, 11) is -9.07. The summed E-state index contributed by atoms with van der Waals surface area (Å²) in [5.41, 5.74) is 2.30. The summed E-state index contributed by atoms with van der Waals surface area (Å²) in [6.07, 6.45) is 7.67. The van der Waals surface area contributed by atoms with Crippen LogP contribution in [0, 0.1) is 0 Å². The van der Waals surface area contributed by atoms with Crippen molar-refractivity contribution in [2.24, 2.45) is 0 Å². The van der Waals surface area contributed by atoms with E-state index in [9.17, 15) is 25.9 Å². The second kappa shape index (κ2) is 10.2. The molecule has 2 aromatic rings. The first-order valence-electron chi connectivity index (χ1n) is 10.8. The Kier molecular flexibility index (Phi) is 7.77. The fourth-order valence-electron chi connectivity index (χ4n) is 4.27. The third-order valence-corrected chi connectivity index (χ3v) is 7.49. The minimum atomic E-state index is -4.67. The third kappa shape index (κ3) is 6.01. The zero-order valence-electron chi connectivity index (χ0n) is 19.0. The number of nitrogens with one attached hydrogen (secondary N) is 1. The first kappa shape index (κ1) is 25.8. The van der Waals surface area contributed by atoms with E-state index in [1.807, 2.05) is 67.0 Å². The van der Waals surface area contributed by atoms with Crippen LogP contribution in [0.2, 0.25) is 0 Å². The molecule has 34 heavy (non-hydrogen) atoms. The predicted octanol–water partition coefficient (Wildman–Crippen LogP) is 3.47. The van der Waals surface area contributed by atoms with Crippen LogP contribution < -0.4 is 5.32 Å². The molecule has 10 heteroatoms. The highest BCUT2D eigenvalue weighted by atomic mass is 32.2. The van der Waals surface area contributed by atoms with Crippen LogP contribution in [0.3, 0.4) is 0 Å². The first-order valence-corrected chi connectivity index (χ1v) is 13.8. The van der Waals surface area contributed by atoms with Crippen LogP contribution in [-0.2, 0) is 25.7 Å². The lowest BCUT2D eigenvalue weighted by atomic mass is 9.76. The molecule has 0 spiro atoms. The van der Waals surface area contributed by atoms with Crippen molar-refractivity contribution in [2.75, 3.05) is 17.6 Å². The maximum atomic E-state index is 11.7. The van der Waals surface area contributed by atoms with Gasteiger partial charge < -0.3 is 14.4 Å². The molecule has 8 nitrogen and oxygen atoms in total. The van der Waals surface area contributed by atoms with Gasteiger partial charge in [-0.3, -0.25) is 0 Å². The fourth-order valence-corrected chi connectivity index (χ4v) is 5.27. The summed E-state index contributed by atoms with van der Waals surface area (Å²) in [4.78, 5) is -0.345. The Balaban J connectivity index is 1.97. The van der Waals surface area contributed by atoms with Crippen molar-refractivity contribution in [3.05, 3.63) is 78.5 Å². The SMILES string of the molecule is CC[N+]1=C(/C=C/C=C/Nc2ccccc2)C(C)(CCCS(=O)(=O)[O-])c2cc(S(=O)(=O)[O-])ccc21. The second-order valence-electron chi connectivity index (χ2n) is 8.19. The van der Waals surface area contributed by atoms with Gasteiger partial charge in [0.1, 0.15) is 16.7 Å². The topological polar surface area (TPSA) is 129 Å². The van der Waals surface area contributed by atoms with Gasteiger partial charge in [-0.15, -0.1) is 0 Å². The average Bonchev–Trinajstić information content (AvgIpc) is 3.00. The van der Waals surface area contributed by atoms with E-state index >= 15 is 0 Å². The average molecular weight is 504 g/mol. The maximum absolute atomic E-state index is 11.7. The number of para-hydroxylation sites is 1. The Morgan fingerprint density at radius 3 is 2.35 bits per heavy atom. The van der Waals surface area contributed by atoms with Gasteiger partial charge in [0.2, 0.25) is 5.69 Å². The molecule has 1 N–H and O–H groups in total. The lowest BCUT2D eigenvalue weighted by Crippen LogP contribution is -2.32. The van der Waals surface area contributed by atoms with E-state index in [4.69, 9.17) is 0 Å². The number of anilines is 1. The molecule has 3 rings (SSSR count). The monoisotopic (exact) mass is 503 g/mol. The highest BCUT2D eigenvalue weighted by Gasteiger charge is 2.47. The molecule has 182 valence electrons. The lowest BCUT2D eigenvalue weighted by Gasteiger charge is -2.23. The minimum absolute atomic E-state index is 0.0937. The van der Waals surface area contributed by atoms with Gasteiger partial charge in [-0.25, -0.2) is 16.8 Å². The molecule has 0 fully saturated rings. The van der Waals surface area contributed by atoms with Crippen molar-refractivity contribution >= 4 is 37.3 Å². The molecule has 1 atom stereocenters. The summed E-state index contributed by atoms with van der Waals surface area (Å²) >= 11 is 0. The van der Waals surface area contributed by atoms with Gasteiger partial charge in [0.25, 0.3) is 0 Å². The van der Waals surface area contributed by atoms with Crippen LogP contribution >= 0.6 is 0 Å². The van der Waals surface area contributed by atoms with Crippen molar-refractivity contribution in [3.8, 4) is 0 Å². The zero-order chi connectivity index (χ0) is 25.0. The van der Waals surface area contributed by atoms with E-state index < -0.39 is 31.4 Å². The van der Waals surface area contributed by atoms with E-state index in [0.717, 1.165) is 17.1 Å². The number of rotatable bonds is 10. The second-order valence-corrected chi connectivity index (χ2v) is 11.1. The van der Waals surface area contributed by atoms with Crippen molar-refractivity contribution in [1.29, 1.82) is 0 Å². The highest BCUT2D eigenvalue weighted by molar-refractivity contribution is 7.86. The molecule has 0 aromatic heterocycles. The Labute approximate surface area is 200 Å². The Morgan fingerprint density at radius 1 is 1.03 bits per heavy atom. The lowest BCUT2D eigenvalue weighted by molar-refractivity contribution is -0.433. The largest absolute Gasteiger partial charge is 0.748 e. The number of allylic oxidation sites excluding steroid dienone is 3. The van der Waals surface area contributed by atoms with E-state index in [2.05, 4.69) is 5.32 Å². The minimum Gasteiger partial charge on any atom is -0.748 e. The molecule has 1 aliphatic rings. The van der Waals surface area contributed by atoms with Crippen LogP contribution in [0.4, 0.5) is 11.4 Å². The van der Waals surface area contributed by atoms with E-state index in [1.54, 1.807) is 12.3 Å². The molecule has 0 saturated carbocycles. The standard InChI is InChI=1S/C24H28N2O6S2/c1-3-26-22-14-13-20(34(30,31)32)18-21(22)24(2,15-9-17-33(27,28)29)23(26)12-7-8-16-25-19-10-5-4-6-11-19/h4-8,10-14,16,18H,3,9,15,17H2,1-2H3,(H2,27,28,29,30,31,32)/p-1. The van der Waals surface area contributed by atoms with E-state index in [0.29, 0.717) is 12.1 Å². The van der Waals surface area contributed by atoms with Crippen molar-refractivity contribution in [3.63, 3.8) is 0 Å². The van der Waals surface area contributed by atoms with Gasteiger partial charge in [0, 0.05) is 35.3 Å². The summed E-state index contributed by atoms with van der Waals surface area (Å²) < 4.78 is 70.5. The quantitative estimate of drug-likeness (QED) is 0.298. The molecular formula is C24H27N2O6S2-. The van der Waals surface area contributed by atoms with Gasteiger partial charge in [0.15, 0.2) is 5.71 Å².